The number of hydrogen-bond donors (Lipinski definition) is 1. The Kier molecular flexibility index (Phi) is 4.77. The number of pyridine rings is 1. The van der Waals surface area contributed by atoms with Crippen molar-refractivity contribution in [1.82, 2.24) is 29.6 Å². The maximum absolute atomic E-state index is 11.8. The molecule has 144 valence electrons. The highest BCUT2D eigenvalue weighted by Gasteiger charge is 2.24. The van der Waals surface area contributed by atoms with Gasteiger partial charge in [0.2, 0.25) is 5.91 Å². The van der Waals surface area contributed by atoms with Crippen LogP contribution in [0.2, 0.25) is 0 Å². The van der Waals surface area contributed by atoms with Crippen molar-refractivity contribution in [2.24, 2.45) is 7.05 Å². The number of anilines is 1. The number of amides is 1. The van der Waals surface area contributed by atoms with Gasteiger partial charge in [-0.15, -0.1) is 0 Å². The minimum atomic E-state index is 0.0594. The van der Waals surface area contributed by atoms with Gasteiger partial charge in [0.25, 0.3) is 0 Å². The van der Waals surface area contributed by atoms with Crippen molar-refractivity contribution in [3.63, 3.8) is 0 Å². The van der Waals surface area contributed by atoms with Gasteiger partial charge in [0.05, 0.1) is 18.4 Å². The minimum Gasteiger partial charge on any atom is -0.366 e. The fourth-order valence-electron chi connectivity index (χ4n) is 3.35. The molecule has 1 aliphatic rings. The van der Waals surface area contributed by atoms with Gasteiger partial charge in [-0.25, -0.2) is 9.97 Å². The SMILES string of the molecule is CC(=O)N1CCc2c(nc(-c3ccccn3)nc2NCc2cnn(C)c2C)C1. The summed E-state index contributed by atoms with van der Waals surface area (Å²) in [6.45, 7) is 5.43. The molecule has 1 N–H and O–H groups in total. The summed E-state index contributed by atoms with van der Waals surface area (Å²) in [6.07, 6.45) is 4.32. The Balaban J connectivity index is 1.70. The zero-order valence-corrected chi connectivity index (χ0v) is 16.3. The Labute approximate surface area is 163 Å². The van der Waals surface area contributed by atoms with E-state index < -0.39 is 0 Å². The molecule has 28 heavy (non-hydrogen) atoms. The van der Waals surface area contributed by atoms with Crippen LogP contribution in [0.5, 0.6) is 0 Å². The second-order valence-electron chi connectivity index (χ2n) is 6.96. The average molecular weight is 377 g/mol. The van der Waals surface area contributed by atoms with Gasteiger partial charge in [-0.2, -0.15) is 5.10 Å². The first-order valence-corrected chi connectivity index (χ1v) is 9.31. The summed E-state index contributed by atoms with van der Waals surface area (Å²) in [6, 6.07) is 5.67. The first-order valence-electron chi connectivity index (χ1n) is 9.31. The molecule has 0 atom stereocenters. The number of hydrogen-bond acceptors (Lipinski definition) is 6. The highest BCUT2D eigenvalue weighted by molar-refractivity contribution is 5.74. The van der Waals surface area contributed by atoms with Crippen LogP contribution in [0.1, 0.15) is 29.4 Å². The molecular weight excluding hydrogens is 354 g/mol. The van der Waals surface area contributed by atoms with E-state index in [9.17, 15) is 4.79 Å². The number of nitrogens with one attached hydrogen (secondary N) is 1. The van der Waals surface area contributed by atoms with Crippen molar-refractivity contribution in [2.45, 2.75) is 33.4 Å². The van der Waals surface area contributed by atoms with Crippen LogP contribution < -0.4 is 5.32 Å². The smallest absolute Gasteiger partial charge is 0.219 e. The van der Waals surface area contributed by atoms with Crippen molar-refractivity contribution in [2.75, 3.05) is 11.9 Å². The maximum atomic E-state index is 11.8. The number of carbonyl (C=O) groups excluding carboxylic acids is 1. The summed E-state index contributed by atoms with van der Waals surface area (Å²) in [4.78, 5) is 27.5. The molecule has 1 amide bonds. The molecule has 8 heteroatoms. The summed E-state index contributed by atoms with van der Waals surface area (Å²) in [5.41, 5.74) is 4.89. The molecule has 0 saturated carbocycles. The summed E-state index contributed by atoms with van der Waals surface area (Å²) < 4.78 is 1.86. The molecule has 0 saturated heterocycles. The summed E-state index contributed by atoms with van der Waals surface area (Å²) in [5.74, 6) is 1.43. The van der Waals surface area contributed by atoms with Crippen LogP contribution in [0.15, 0.2) is 30.6 Å². The zero-order chi connectivity index (χ0) is 19.7. The minimum absolute atomic E-state index is 0.0594. The van der Waals surface area contributed by atoms with Gasteiger partial charge in [-0.05, 0) is 25.5 Å². The van der Waals surface area contributed by atoms with E-state index in [0.717, 1.165) is 34.8 Å². The second-order valence-corrected chi connectivity index (χ2v) is 6.96. The largest absolute Gasteiger partial charge is 0.366 e. The molecule has 0 bridgehead atoms. The average Bonchev–Trinajstić information content (AvgIpc) is 3.04. The van der Waals surface area contributed by atoms with Crippen molar-refractivity contribution in [3.05, 3.63) is 53.1 Å². The third-order valence-electron chi connectivity index (χ3n) is 5.19. The van der Waals surface area contributed by atoms with E-state index in [2.05, 4.69) is 15.4 Å². The summed E-state index contributed by atoms with van der Waals surface area (Å²) in [5, 5.41) is 7.76. The van der Waals surface area contributed by atoms with Gasteiger partial charge in [0.1, 0.15) is 11.5 Å². The number of aryl methyl sites for hydroxylation is 1. The molecule has 3 aromatic rings. The van der Waals surface area contributed by atoms with E-state index in [1.54, 1.807) is 13.1 Å². The molecule has 4 rings (SSSR count). The van der Waals surface area contributed by atoms with Gasteiger partial charge < -0.3 is 10.2 Å². The van der Waals surface area contributed by atoms with Gasteiger partial charge in [0.15, 0.2) is 5.82 Å². The Morgan fingerprint density at radius 3 is 2.82 bits per heavy atom. The number of fused-ring (bicyclic) bond motifs is 1. The zero-order valence-electron chi connectivity index (χ0n) is 16.3. The molecular formula is C20H23N7O. The Morgan fingerprint density at radius 1 is 1.29 bits per heavy atom. The van der Waals surface area contributed by atoms with Gasteiger partial charge >= 0.3 is 0 Å². The second kappa shape index (κ2) is 7.38. The quantitative estimate of drug-likeness (QED) is 0.749. The Hall–Kier alpha value is -3.29. The van der Waals surface area contributed by atoms with Crippen molar-refractivity contribution in [3.8, 4) is 11.5 Å². The Morgan fingerprint density at radius 2 is 2.14 bits per heavy atom. The van der Waals surface area contributed by atoms with E-state index in [0.29, 0.717) is 31.2 Å². The van der Waals surface area contributed by atoms with Crippen molar-refractivity contribution >= 4 is 11.7 Å². The number of carbonyl (C=O) groups is 1. The van der Waals surface area contributed by atoms with E-state index in [1.165, 1.54) is 0 Å². The maximum Gasteiger partial charge on any atom is 0.219 e. The fourth-order valence-corrected chi connectivity index (χ4v) is 3.35. The third kappa shape index (κ3) is 3.45. The van der Waals surface area contributed by atoms with Crippen LogP contribution in [0, 0.1) is 6.92 Å². The lowest BCUT2D eigenvalue weighted by atomic mass is 10.0. The number of aromatic nitrogens is 5. The number of nitrogens with zero attached hydrogens (tertiary/aromatic N) is 6. The molecule has 0 aromatic carbocycles. The first kappa shape index (κ1) is 18.1. The normalized spacial score (nSPS) is 13.3. The lowest BCUT2D eigenvalue weighted by molar-refractivity contribution is -0.129. The highest BCUT2D eigenvalue weighted by atomic mass is 16.2. The molecule has 0 radical (unpaired) electrons. The van der Waals surface area contributed by atoms with Crippen LogP contribution >= 0.6 is 0 Å². The Bertz CT molecular complexity index is 1010. The van der Waals surface area contributed by atoms with Gasteiger partial charge in [-0.3, -0.25) is 14.5 Å². The molecule has 0 spiro atoms. The topological polar surface area (TPSA) is 88.8 Å². The third-order valence-corrected chi connectivity index (χ3v) is 5.19. The van der Waals surface area contributed by atoms with E-state index in [1.807, 2.05) is 47.9 Å². The highest BCUT2D eigenvalue weighted by Crippen LogP contribution is 2.27. The molecule has 0 aliphatic carbocycles. The predicted molar refractivity (Wildman–Crippen MR) is 105 cm³/mol. The molecule has 0 fully saturated rings. The van der Waals surface area contributed by atoms with E-state index >= 15 is 0 Å². The molecule has 1 aliphatic heterocycles. The number of rotatable bonds is 4. The summed E-state index contributed by atoms with van der Waals surface area (Å²) in [7, 11) is 1.93. The lowest BCUT2D eigenvalue weighted by Gasteiger charge is -2.28. The van der Waals surface area contributed by atoms with Crippen molar-refractivity contribution in [1.29, 1.82) is 0 Å². The van der Waals surface area contributed by atoms with Crippen LogP contribution in [0.4, 0.5) is 5.82 Å². The van der Waals surface area contributed by atoms with E-state index in [4.69, 9.17) is 9.97 Å². The predicted octanol–water partition coefficient (Wildman–Crippen LogP) is 2.10. The van der Waals surface area contributed by atoms with Crippen LogP contribution in [0.25, 0.3) is 11.5 Å². The molecule has 4 heterocycles. The van der Waals surface area contributed by atoms with E-state index in [-0.39, 0.29) is 5.91 Å². The fraction of sp³-hybridized carbons (Fsp3) is 0.350. The lowest BCUT2D eigenvalue weighted by Crippen LogP contribution is -2.35. The van der Waals surface area contributed by atoms with Crippen LogP contribution in [-0.2, 0) is 31.4 Å². The molecule has 3 aromatic heterocycles. The van der Waals surface area contributed by atoms with Crippen molar-refractivity contribution < 1.29 is 4.79 Å². The molecule has 8 nitrogen and oxygen atoms in total. The van der Waals surface area contributed by atoms with Crippen LogP contribution in [0.3, 0.4) is 0 Å². The van der Waals surface area contributed by atoms with Crippen LogP contribution in [-0.4, -0.2) is 42.1 Å². The monoisotopic (exact) mass is 377 g/mol. The molecule has 0 unspecified atom stereocenters. The van der Waals surface area contributed by atoms with Gasteiger partial charge in [0, 0.05) is 50.1 Å². The summed E-state index contributed by atoms with van der Waals surface area (Å²) >= 11 is 0. The first-order chi connectivity index (χ1) is 13.5. The standard InChI is InChI=1S/C20H23N7O/c1-13-15(11-23-26(13)3)10-22-19-16-7-9-27(14(2)28)12-18(16)24-20(25-19)17-6-4-5-8-21-17/h4-6,8,11H,7,9-10,12H2,1-3H3,(H,22,24,25). The van der Waals surface area contributed by atoms with Gasteiger partial charge in [-0.1, -0.05) is 6.07 Å².